The van der Waals surface area contributed by atoms with Crippen molar-refractivity contribution in [3.8, 4) is 0 Å². The van der Waals surface area contributed by atoms with Crippen molar-refractivity contribution in [2.24, 2.45) is 5.92 Å². The molecule has 3 rings (SSSR count). The van der Waals surface area contributed by atoms with Crippen molar-refractivity contribution >= 4 is 6.03 Å². The van der Waals surface area contributed by atoms with E-state index in [1.54, 1.807) is 13.2 Å². The molecule has 2 amide bonds. The van der Waals surface area contributed by atoms with Crippen LogP contribution in [0.5, 0.6) is 0 Å². The molecular weight excluding hydrogens is 312 g/mol. The smallest absolute Gasteiger partial charge is 0.315 e. The molecule has 1 fully saturated rings. The highest BCUT2D eigenvalue weighted by Gasteiger charge is 2.31. The molecule has 0 aromatic carbocycles. The summed E-state index contributed by atoms with van der Waals surface area (Å²) in [4.78, 5) is 16.5. The standard InChI is InChI=1S/C16H22N4O4/c1-11-18-15(24-20-11)14(12-5-9-22-10-6-12)19-16(21)17-7-4-13-3-2-8-23-13/h2-3,8,12,14H,4-7,9-10H2,1H3,(H2,17,19,21)/t14-/m0/s1. The van der Waals surface area contributed by atoms with Crippen LogP contribution in [0, 0.1) is 12.8 Å². The van der Waals surface area contributed by atoms with Crippen molar-refractivity contribution in [3.05, 3.63) is 35.9 Å². The highest BCUT2D eigenvalue weighted by molar-refractivity contribution is 5.74. The van der Waals surface area contributed by atoms with E-state index in [-0.39, 0.29) is 18.0 Å². The number of carbonyl (C=O) groups excluding carboxylic acids is 1. The predicted octanol–water partition coefficient (Wildman–Crippen LogP) is 1.98. The van der Waals surface area contributed by atoms with Gasteiger partial charge in [-0.1, -0.05) is 5.16 Å². The second-order valence-corrected chi connectivity index (χ2v) is 5.84. The Bertz CT molecular complexity index is 634. The second-order valence-electron chi connectivity index (χ2n) is 5.84. The zero-order valence-corrected chi connectivity index (χ0v) is 13.7. The highest BCUT2D eigenvalue weighted by Crippen LogP contribution is 2.29. The number of rotatable bonds is 6. The molecule has 1 atom stereocenters. The van der Waals surface area contributed by atoms with Crippen molar-refractivity contribution < 1.29 is 18.5 Å². The van der Waals surface area contributed by atoms with E-state index in [2.05, 4.69) is 20.8 Å². The molecule has 1 aliphatic heterocycles. The quantitative estimate of drug-likeness (QED) is 0.837. The summed E-state index contributed by atoms with van der Waals surface area (Å²) in [5.74, 6) is 2.06. The Hall–Kier alpha value is -2.35. The topological polar surface area (TPSA) is 102 Å². The van der Waals surface area contributed by atoms with Crippen LogP contribution in [-0.2, 0) is 11.2 Å². The second kappa shape index (κ2) is 7.96. The number of aryl methyl sites for hydroxylation is 1. The number of ether oxygens (including phenoxy) is 1. The number of hydrogen-bond acceptors (Lipinski definition) is 6. The van der Waals surface area contributed by atoms with Crippen molar-refractivity contribution in [1.82, 2.24) is 20.8 Å². The predicted molar refractivity (Wildman–Crippen MR) is 84.3 cm³/mol. The molecular formula is C16H22N4O4. The molecule has 2 N–H and O–H groups in total. The molecule has 0 saturated carbocycles. The van der Waals surface area contributed by atoms with Crippen LogP contribution in [0.1, 0.15) is 36.4 Å². The SMILES string of the molecule is Cc1noc([C@@H](NC(=O)NCCc2ccco2)C2CCOCC2)n1. The van der Waals surface area contributed by atoms with Crippen LogP contribution in [0.2, 0.25) is 0 Å². The van der Waals surface area contributed by atoms with E-state index in [9.17, 15) is 4.79 Å². The number of amides is 2. The largest absolute Gasteiger partial charge is 0.469 e. The fourth-order valence-electron chi connectivity index (χ4n) is 2.82. The van der Waals surface area contributed by atoms with E-state index < -0.39 is 0 Å². The zero-order chi connectivity index (χ0) is 16.8. The Balaban J connectivity index is 1.57. The summed E-state index contributed by atoms with van der Waals surface area (Å²) in [7, 11) is 0. The lowest BCUT2D eigenvalue weighted by Crippen LogP contribution is -2.42. The maximum atomic E-state index is 12.2. The van der Waals surface area contributed by atoms with Gasteiger partial charge in [-0.3, -0.25) is 0 Å². The van der Waals surface area contributed by atoms with Gasteiger partial charge in [0.25, 0.3) is 0 Å². The van der Waals surface area contributed by atoms with Gasteiger partial charge in [-0.05, 0) is 37.8 Å². The summed E-state index contributed by atoms with van der Waals surface area (Å²) >= 11 is 0. The first kappa shape index (κ1) is 16.5. The van der Waals surface area contributed by atoms with Crippen LogP contribution >= 0.6 is 0 Å². The number of aromatic nitrogens is 2. The lowest BCUT2D eigenvalue weighted by molar-refractivity contribution is 0.0503. The first-order chi connectivity index (χ1) is 11.7. The molecule has 1 saturated heterocycles. The number of carbonyl (C=O) groups is 1. The minimum Gasteiger partial charge on any atom is -0.469 e. The Kier molecular flexibility index (Phi) is 5.47. The van der Waals surface area contributed by atoms with Gasteiger partial charge >= 0.3 is 6.03 Å². The average molecular weight is 334 g/mol. The van der Waals surface area contributed by atoms with Crippen LogP contribution in [-0.4, -0.2) is 35.9 Å². The molecule has 8 nitrogen and oxygen atoms in total. The molecule has 0 unspecified atom stereocenters. The van der Waals surface area contributed by atoms with Crippen LogP contribution < -0.4 is 10.6 Å². The van der Waals surface area contributed by atoms with Crippen LogP contribution in [0.15, 0.2) is 27.3 Å². The summed E-state index contributed by atoms with van der Waals surface area (Å²) in [6.07, 6.45) is 3.95. The third-order valence-electron chi connectivity index (χ3n) is 4.07. The number of furan rings is 1. The normalized spacial score (nSPS) is 16.7. The van der Waals surface area contributed by atoms with E-state index >= 15 is 0 Å². The molecule has 130 valence electrons. The summed E-state index contributed by atoms with van der Waals surface area (Å²) in [5, 5.41) is 9.63. The van der Waals surface area contributed by atoms with E-state index in [0.717, 1.165) is 18.6 Å². The molecule has 2 aromatic heterocycles. The van der Waals surface area contributed by atoms with Gasteiger partial charge in [-0.2, -0.15) is 4.98 Å². The lowest BCUT2D eigenvalue weighted by Gasteiger charge is -2.28. The van der Waals surface area contributed by atoms with E-state index in [1.807, 2.05) is 12.1 Å². The average Bonchev–Trinajstić information content (AvgIpc) is 3.25. The van der Waals surface area contributed by atoms with Gasteiger partial charge in [0.05, 0.1) is 6.26 Å². The Morgan fingerprint density at radius 3 is 2.92 bits per heavy atom. The van der Waals surface area contributed by atoms with Gasteiger partial charge in [-0.25, -0.2) is 4.79 Å². The molecule has 8 heteroatoms. The molecule has 0 radical (unpaired) electrons. The summed E-state index contributed by atoms with van der Waals surface area (Å²) in [6, 6.07) is 3.15. The number of nitrogens with zero attached hydrogens (tertiary/aromatic N) is 2. The Morgan fingerprint density at radius 2 is 2.25 bits per heavy atom. The van der Waals surface area contributed by atoms with Crippen LogP contribution in [0.25, 0.3) is 0 Å². The van der Waals surface area contributed by atoms with Crippen molar-refractivity contribution in [3.63, 3.8) is 0 Å². The number of hydrogen-bond donors (Lipinski definition) is 2. The highest BCUT2D eigenvalue weighted by atomic mass is 16.5. The third-order valence-corrected chi connectivity index (χ3v) is 4.07. The summed E-state index contributed by atoms with van der Waals surface area (Å²) in [5.41, 5.74) is 0. The van der Waals surface area contributed by atoms with Crippen molar-refractivity contribution in [1.29, 1.82) is 0 Å². The molecule has 2 aromatic rings. The van der Waals surface area contributed by atoms with Gasteiger partial charge in [0.1, 0.15) is 11.8 Å². The van der Waals surface area contributed by atoms with E-state index in [1.165, 1.54) is 0 Å². The van der Waals surface area contributed by atoms with Crippen LogP contribution in [0.4, 0.5) is 4.79 Å². The monoisotopic (exact) mass is 334 g/mol. The Morgan fingerprint density at radius 1 is 1.42 bits per heavy atom. The Labute approximate surface area is 139 Å². The minimum atomic E-state index is -0.307. The molecule has 1 aliphatic rings. The molecule has 0 spiro atoms. The first-order valence-corrected chi connectivity index (χ1v) is 8.17. The van der Waals surface area contributed by atoms with Gasteiger partial charge in [0.15, 0.2) is 5.82 Å². The zero-order valence-electron chi connectivity index (χ0n) is 13.7. The summed E-state index contributed by atoms with van der Waals surface area (Å²) < 4.78 is 15.9. The fraction of sp³-hybridized carbons (Fsp3) is 0.562. The first-order valence-electron chi connectivity index (χ1n) is 8.17. The van der Waals surface area contributed by atoms with Crippen LogP contribution in [0.3, 0.4) is 0 Å². The number of urea groups is 1. The van der Waals surface area contributed by atoms with Gasteiger partial charge in [-0.15, -0.1) is 0 Å². The van der Waals surface area contributed by atoms with Gasteiger partial charge < -0.3 is 24.3 Å². The molecule has 0 aliphatic carbocycles. The van der Waals surface area contributed by atoms with Crippen molar-refractivity contribution in [2.75, 3.05) is 19.8 Å². The van der Waals surface area contributed by atoms with E-state index in [0.29, 0.717) is 37.9 Å². The maximum Gasteiger partial charge on any atom is 0.315 e. The fourth-order valence-corrected chi connectivity index (χ4v) is 2.82. The minimum absolute atomic E-state index is 0.217. The maximum absolute atomic E-state index is 12.2. The molecule has 24 heavy (non-hydrogen) atoms. The molecule has 0 bridgehead atoms. The van der Waals surface area contributed by atoms with Gasteiger partial charge in [0.2, 0.25) is 5.89 Å². The number of nitrogens with one attached hydrogen (secondary N) is 2. The molecule has 3 heterocycles. The lowest BCUT2D eigenvalue weighted by atomic mass is 9.91. The third kappa shape index (κ3) is 4.35. The summed E-state index contributed by atoms with van der Waals surface area (Å²) in [6.45, 7) is 3.60. The van der Waals surface area contributed by atoms with Crippen molar-refractivity contribution in [2.45, 2.75) is 32.2 Å². The van der Waals surface area contributed by atoms with Gasteiger partial charge in [0, 0.05) is 26.2 Å². The van der Waals surface area contributed by atoms with E-state index in [4.69, 9.17) is 13.7 Å².